The first kappa shape index (κ1) is 16.3. The van der Waals surface area contributed by atoms with Crippen LogP contribution >= 0.6 is 0 Å². The molecule has 1 fully saturated rings. The molecular weight excluding hydrogens is 312 g/mol. The molecule has 2 unspecified atom stereocenters. The second-order valence-electron chi connectivity index (χ2n) is 6.63. The van der Waals surface area contributed by atoms with Gasteiger partial charge in [0.05, 0.1) is 25.9 Å². The van der Waals surface area contributed by atoms with Gasteiger partial charge in [0.2, 0.25) is 5.88 Å². The molecule has 1 aromatic carbocycles. The summed E-state index contributed by atoms with van der Waals surface area (Å²) in [6, 6.07) is 15.5. The Hall–Kier alpha value is -2.17. The van der Waals surface area contributed by atoms with Crippen LogP contribution in [0.2, 0.25) is 0 Å². The maximum absolute atomic E-state index is 5.82. The molecule has 4 rings (SSSR count). The van der Waals surface area contributed by atoms with Gasteiger partial charge in [0, 0.05) is 24.8 Å². The molecule has 4 heteroatoms. The second-order valence-corrected chi connectivity index (χ2v) is 6.63. The van der Waals surface area contributed by atoms with Crippen molar-refractivity contribution in [2.24, 2.45) is 0 Å². The molecule has 0 N–H and O–H groups in total. The highest BCUT2D eigenvalue weighted by Gasteiger charge is 2.34. The molecule has 25 heavy (non-hydrogen) atoms. The Morgan fingerprint density at radius 3 is 2.76 bits per heavy atom. The molecule has 4 nitrogen and oxygen atoms in total. The highest BCUT2D eigenvalue weighted by molar-refractivity contribution is 5.67. The third kappa shape index (κ3) is 3.60. The first-order valence-electron chi connectivity index (χ1n) is 9.01. The number of ether oxygens (including phenoxy) is 2. The molecular formula is C21H24N2O2. The van der Waals surface area contributed by atoms with Crippen molar-refractivity contribution in [2.45, 2.75) is 32.0 Å². The molecule has 3 heterocycles. The van der Waals surface area contributed by atoms with Crippen molar-refractivity contribution in [3.05, 3.63) is 65.9 Å². The van der Waals surface area contributed by atoms with E-state index in [0.29, 0.717) is 24.6 Å². The molecule has 130 valence electrons. The lowest BCUT2D eigenvalue weighted by Crippen LogP contribution is -2.53. The Labute approximate surface area is 149 Å². The minimum Gasteiger partial charge on any atom is -0.478 e. The molecule has 0 radical (unpaired) electrons. The molecule has 1 aromatic heterocycles. The highest BCUT2D eigenvalue weighted by Crippen LogP contribution is 2.33. The predicted octanol–water partition coefficient (Wildman–Crippen LogP) is 3.54. The maximum atomic E-state index is 5.82. The zero-order valence-corrected chi connectivity index (χ0v) is 14.6. The van der Waals surface area contributed by atoms with Crippen LogP contribution in [0.4, 0.5) is 0 Å². The fourth-order valence-corrected chi connectivity index (χ4v) is 3.72. The number of aromatic nitrogens is 1. The van der Waals surface area contributed by atoms with E-state index in [1.165, 1.54) is 16.7 Å². The van der Waals surface area contributed by atoms with E-state index in [-0.39, 0.29) is 0 Å². The molecule has 2 bridgehead atoms. The summed E-state index contributed by atoms with van der Waals surface area (Å²) in [6.45, 7) is 5.15. The minimum atomic E-state index is 0.328. The van der Waals surface area contributed by atoms with Crippen LogP contribution in [0.15, 0.2) is 54.7 Å². The fraction of sp³-hybridized carbons (Fsp3) is 0.381. The quantitative estimate of drug-likeness (QED) is 0.836. The molecule has 2 aromatic rings. The number of hydrogen-bond acceptors (Lipinski definition) is 4. The van der Waals surface area contributed by atoms with Gasteiger partial charge in [-0.1, -0.05) is 36.4 Å². The Bertz CT molecular complexity index is 727. The summed E-state index contributed by atoms with van der Waals surface area (Å²) in [5.41, 5.74) is 3.93. The van der Waals surface area contributed by atoms with Gasteiger partial charge in [-0.2, -0.15) is 0 Å². The van der Waals surface area contributed by atoms with Crippen LogP contribution in [-0.4, -0.2) is 41.8 Å². The average molecular weight is 336 g/mol. The van der Waals surface area contributed by atoms with Crippen molar-refractivity contribution in [1.82, 2.24) is 9.88 Å². The largest absolute Gasteiger partial charge is 0.478 e. The summed E-state index contributed by atoms with van der Waals surface area (Å²) in [5, 5.41) is 0. The number of benzene rings is 1. The van der Waals surface area contributed by atoms with E-state index in [4.69, 9.17) is 9.47 Å². The lowest BCUT2D eigenvalue weighted by atomic mass is 9.90. The summed E-state index contributed by atoms with van der Waals surface area (Å²) in [4.78, 5) is 6.99. The van der Waals surface area contributed by atoms with Crippen molar-refractivity contribution in [3.8, 4) is 5.88 Å². The van der Waals surface area contributed by atoms with E-state index >= 15 is 0 Å². The second kappa shape index (κ2) is 7.38. The summed E-state index contributed by atoms with van der Waals surface area (Å²) >= 11 is 0. The lowest BCUT2D eigenvalue weighted by Gasteiger charge is -2.44. The third-order valence-electron chi connectivity index (χ3n) is 4.95. The van der Waals surface area contributed by atoms with Crippen molar-refractivity contribution >= 4 is 5.57 Å². The smallest absolute Gasteiger partial charge is 0.213 e. The average Bonchev–Trinajstić information content (AvgIpc) is 2.63. The lowest BCUT2D eigenvalue weighted by molar-refractivity contribution is -0.0402. The normalized spacial score (nSPS) is 23.2. The van der Waals surface area contributed by atoms with Gasteiger partial charge in [0.25, 0.3) is 0 Å². The third-order valence-corrected chi connectivity index (χ3v) is 4.95. The fourth-order valence-electron chi connectivity index (χ4n) is 3.72. The number of rotatable bonds is 5. The van der Waals surface area contributed by atoms with Crippen molar-refractivity contribution in [3.63, 3.8) is 0 Å². The van der Waals surface area contributed by atoms with Crippen molar-refractivity contribution < 1.29 is 9.47 Å². The zero-order chi connectivity index (χ0) is 17.1. The van der Waals surface area contributed by atoms with Gasteiger partial charge < -0.3 is 9.47 Å². The van der Waals surface area contributed by atoms with Crippen LogP contribution in [0.25, 0.3) is 5.57 Å². The molecule has 0 saturated carbocycles. The monoisotopic (exact) mass is 336 g/mol. The minimum absolute atomic E-state index is 0.328. The van der Waals surface area contributed by atoms with Crippen LogP contribution in [0, 0.1) is 0 Å². The Kier molecular flexibility index (Phi) is 4.81. The Morgan fingerprint density at radius 2 is 2.04 bits per heavy atom. The zero-order valence-electron chi connectivity index (χ0n) is 14.6. The number of pyridine rings is 1. The van der Waals surface area contributed by atoms with Crippen LogP contribution in [0.1, 0.15) is 24.5 Å². The van der Waals surface area contributed by atoms with Crippen LogP contribution < -0.4 is 4.74 Å². The van der Waals surface area contributed by atoms with Crippen LogP contribution in [0.5, 0.6) is 5.88 Å². The van der Waals surface area contributed by atoms with Gasteiger partial charge in [0.1, 0.15) is 0 Å². The van der Waals surface area contributed by atoms with Gasteiger partial charge in [-0.05, 0) is 36.1 Å². The van der Waals surface area contributed by atoms with Gasteiger partial charge in [0.15, 0.2) is 0 Å². The molecule has 0 aliphatic carbocycles. The summed E-state index contributed by atoms with van der Waals surface area (Å²) in [5.74, 6) is 0.692. The number of nitrogens with zero attached hydrogens (tertiary/aromatic N) is 2. The summed E-state index contributed by atoms with van der Waals surface area (Å²) in [6.07, 6.45) is 5.29. The molecule has 0 spiro atoms. The molecule has 0 amide bonds. The van der Waals surface area contributed by atoms with Crippen molar-refractivity contribution in [1.29, 1.82) is 0 Å². The molecule has 2 aliphatic rings. The Morgan fingerprint density at radius 1 is 1.16 bits per heavy atom. The standard InChI is InChI=1S/C21H24N2O2/c1-2-25-21-9-8-17(12-22-21)18-10-19-14-24-15-20(11-18)23(19)13-16-6-4-3-5-7-16/h3-10,12,19-20H,2,11,13-15H2,1H3. The SMILES string of the molecule is CCOc1ccc(C2=CC3COCC(C2)N3Cc2ccccc2)cn1. The van der Waals surface area contributed by atoms with E-state index in [9.17, 15) is 0 Å². The van der Waals surface area contributed by atoms with E-state index in [0.717, 1.165) is 26.2 Å². The van der Waals surface area contributed by atoms with Crippen molar-refractivity contribution in [2.75, 3.05) is 19.8 Å². The first-order valence-corrected chi connectivity index (χ1v) is 9.01. The van der Waals surface area contributed by atoms with Gasteiger partial charge in [-0.15, -0.1) is 0 Å². The van der Waals surface area contributed by atoms with E-state index in [2.05, 4.69) is 52.4 Å². The molecule has 2 aliphatic heterocycles. The van der Waals surface area contributed by atoms with Gasteiger partial charge in [-0.25, -0.2) is 4.98 Å². The predicted molar refractivity (Wildman–Crippen MR) is 98.4 cm³/mol. The summed E-state index contributed by atoms with van der Waals surface area (Å²) < 4.78 is 11.3. The highest BCUT2D eigenvalue weighted by atomic mass is 16.5. The van der Waals surface area contributed by atoms with Gasteiger partial charge in [-0.3, -0.25) is 4.90 Å². The maximum Gasteiger partial charge on any atom is 0.213 e. The van der Waals surface area contributed by atoms with Crippen LogP contribution in [-0.2, 0) is 11.3 Å². The van der Waals surface area contributed by atoms with E-state index in [1.54, 1.807) is 0 Å². The number of fused-ring (bicyclic) bond motifs is 2. The number of hydrogen-bond donors (Lipinski definition) is 0. The van der Waals surface area contributed by atoms with Gasteiger partial charge >= 0.3 is 0 Å². The topological polar surface area (TPSA) is 34.6 Å². The first-order chi connectivity index (χ1) is 12.3. The van der Waals surface area contributed by atoms with Crippen LogP contribution in [0.3, 0.4) is 0 Å². The van der Waals surface area contributed by atoms with E-state index in [1.807, 2.05) is 19.2 Å². The van der Waals surface area contributed by atoms with E-state index < -0.39 is 0 Å². The molecule has 1 saturated heterocycles. The summed E-state index contributed by atoms with van der Waals surface area (Å²) in [7, 11) is 0. The Balaban J connectivity index is 1.54. The number of morpholine rings is 1. The molecule has 2 atom stereocenters.